The van der Waals surface area contributed by atoms with Crippen molar-refractivity contribution in [2.75, 3.05) is 13.1 Å². The van der Waals surface area contributed by atoms with Crippen molar-refractivity contribution in [3.63, 3.8) is 0 Å². The molecule has 2 heterocycles. The van der Waals surface area contributed by atoms with Crippen molar-refractivity contribution in [1.82, 2.24) is 4.90 Å². The smallest absolute Gasteiger partial charge is 0.289 e. The molecule has 0 atom stereocenters. The largest absolute Gasteiger partial charge is 0.451 e. The second-order valence-corrected chi connectivity index (χ2v) is 6.57. The van der Waals surface area contributed by atoms with Crippen molar-refractivity contribution in [1.29, 1.82) is 0 Å². The summed E-state index contributed by atoms with van der Waals surface area (Å²) in [4.78, 5) is 14.6. The van der Waals surface area contributed by atoms with Gasteiger partial charge < -0.3 is 14.4 Å². The van der Waals surface area contributed by atoms with E-state index in [1.807, 2.05) is 53.4 Å². The Kier molecular flexibility index (Phi) is 4.28. The van der Waals surface area contributed by atoms with E-state index in [9.17, 15) is 9.90 Å². The number of carbonyl (C=O) groups excluding carboxylic acids is 1. The predicted octanol–water partition coefficient (Wildman–Crippen LogP) is 3.94. The molecular formula is C21H21NO3. The Morgan fingerprint density at radius 2 is 1.80 bits per heavy atom. The number of para-hydroxylation sites is 1. The highest BCUT2D eigenvalue weighted by Gasteiger charge is 2.27. The van der Waals surface area contributed by atoms with Crippen molar-refractivity contribution >= 4 is 16.9 Å². The molecule has 3 aromatic rings. The fraction of sp³-hybridized carbons (Fsp3) is 0.286. The molecule has 0 unspecified atom stereocenters. The van der Waals surface area contributed by atoms with E-state index >= 15 is 0 Å². The number of furan rings is 1. The van der Waals surface area contributed by atoms with Gasteiger partial charge in [0.2, 0.25) is 0 Å². The Labute approximate surface area is 146 Å². The number of amides is 1. The maximum atomic E-state index is 12.7. The Morgan fingerprint density at radius 1 is 1.08 bits per heavy atom. The molecule has 1 saturated heterocycles. The van der Waals surface area contributed by atoms with Gasteiger partial charge in [-0.25, -0.2) is 0 Å². The summed E-state index contributed by atoms with van der Waals surface area (Å²) in [6, 6.07) is 17.5. The van der Waals surface area contributed by atoms with Gasteiger partial charge in [-0.3, -0.25) is 4.79 Å². The summed E-state index contributed by atoms with van der Waals surface area (Å²) >= 11 is 0. The SMILES string of the molecule is O=C(c1cc2ccccc2o1)N1CCC(c2ccccc2CO)CC1. The highest BCUT2D eigenvalue weighted by molar-refractivity contribution is 5.96. The van der Waals surface area contributed by atoms with Crippen molar-refractivity contribution in [2.45, 2.75) is 25.4 Å². The molecule has 4 heteroatoms. The van der Waals surface area contributed by atoms with Gasteiger partial charge in [0.15, 0.2) is 5.76 Å². The average Bonchev–Trinajstić information content (AvgIpc) is 3.12. The first-order chi connectivity index (χ1) is 12.3. The number of benzene rings is 2. The van der Waals surface area contributed by atoms with Gasteiger partial charge in [-0.1, -0.05) is 42.5 Å². The highest BCUT2D eigenvalue weighted by Crippen LogP contribution is 2.31. The molecule has 25 heavy (non-hydrogen) atoms. The van der Waals surface area contributed by atoms with Crippen molar-refractivity contribution in [2.24, 2.45) is 0 Å². The van der Waals surface area contributed by atoms with Crippen molar-refractivity contribution in [3.8, 4) is 0 Å². The lowest BCUT2D eigenvalue weighted by atomic mass is 9.86. The van der Waals surface area contributed by atoms with Crippen LogP contribution in [0.3, 0.4) is 0 Å². The van der Waals surface area contributed by atoms with Crippen LogP contribution in [0.25, 0.3) is 11.0 Å². The molecule has 0 bridgehead atoms. The minimum absolute atomic E-state index is 0.0370. The maximum Gasteiger partial charge on any atom is 0.289 e. The lowest BCUT2D eigenvalue weighted by Crippen LogP contribution is -2.37. The lowest BCUT2D eigenvalue weighted by molar-refractivity contribution is 0.0682. The van der Waals surface area contributed by atoms with Crippen molar-refractivity contribution < 1.29 is 14.3 Å². The van der Waals surface area contributed by atoms with Crippen LogP contribution in [0.4, 0.5) is 0 Å². The summed E-state index contributed by atoms with van der Waals surface area (Å²) in [5.41, 5.74) is 2.95. The summed E-state index contributed by atoms with van der Waals surface area (Å²) in [6.45, 7) is 1.48. The maximum absolute atomic E-state index is 12.7. The average molecular weight is 335 g/mol. The Morgan fingerprint density at radius 3 is 2.56 bits per heavy atom. The summed E-state index contributed by atoms with van der Waals surface area (Å²) < 4.78 is 5.71. The normalized spacial score (nSPS) is 15.6. The van der Waals surface area contributed by atoms with E-state index < -0.39 is 0 Å². The van der Waals surface area contributed by atoms with Crippen LogP contribution in [-0.2, 0) is 6.61 Å². The highest BCUT2D eigenvalue weighted by atomic mass is 16.3. The number of piperidine rings is 1. The first-order valence-corrected chi connectivity index (χ1v) is 8.73. The van der Waals surface area contributed by atoms with E-state index in [0.29, 0.717) is 24.8 Å². The number of hydrogen-bond donors (Lipinski definition) is 1. The third-order valence-electron chi connectivity index (χ3n) is 5.08. The molecule has 1 N–H and O–H groups in total. The second-order valence-electron chi connectivity index (χ2n) is 6.57. The third kappa shape index (κ3) is 3.05. The van der Waals surface area contributed by atoms with Gasteiger partial charge in [0.05, 0.1) is 6.61 Å². The molecule has 0 saturated carbocycles. The number of carbonyl (C=O) groups is 1. The Bertz CT molecular complexity index is 858. The molecule has 4 rings (SSSR count). The van der Waals surface area contributed by atoms with Crippen LogP contribution < -0.4 is 0 Å². The zero-order valence-electron chi connectivity index (χ0n) is 14.0. The molecule has 1 aromatic heterocycles. The lowest BCUT2D eigenvalue weighted by Gasteiger charge is -2.32. The fourth-order valence-corrected chi connectivity index (χ4v) is 3.71. The molecule has 0 radical (unpaired) electrons. The van der Waals surface area contributed by atoms with Crippen LogP contribution in [0.5, 0.6) is 0 Å². The van der Waals surface area contributed by atoms with E-state index in [1.54, 1.807) is 0 Å². The van der Waals surface area contributed by atoms with E-state index in [0.717, 1.165) is 29.4 Å². The van der Waals surface area contributed by atoms with Gasteiger partial charge in [0.25, 0.3) is 5.91 Å². The molecule has 2 aromatic carbocycles. The van der Waals surface area contributed by atoms with Crippen LogP contribution in [0, 0.1) is 0 Å². The minimum Gasteiger partial charge on any atom is -0.451 e. The molecule has 4 nitrogen and oxygen atoms in total. The summed E-state index contributed by atoms with van der Waals surface area (Å²) in [6.07, 6.45) is 1.81. The molecule has 0 spiro atoms. The number of fused-ring (bicyclic) bond motifs is 1. The molecule has 0 aliphatic carbocycles. The summed E-state index contributed by atoms with van der Waals surface area (Å²) in [7, 11) is 0. The first-order valence-electron chi connectivity index (χ1n) is 8.73. The van der Waals surface area contributed by atoms with Gasteiger partial charge in [0.1, 0.15) is 5.58 Å². The molecule has 1 aliphatic heterocycles. The molecular weight excluding hydrogens is 314 g/mol. The van der Waals surface area contributed by atoms with E-state index in [-0.39, 0.29) is 12.5 Å². The molecule has 128 valence electrons. The zero-order chi connectivity index (χ0) is 17.2. The van der Waals surface area contributed by atoms with Gasteiger partial charge in [-0.2, -0.15) is 0 Å². The topological polar surface area (TPSA) is 53.7 Å². The number of aliphatic hydroxyl groups excluding tert-OH is 1. The first kappa shape index (κ1) is 15.9. The quantitative estimate of drug-likeness (QED) is 0.788. The van der Waals surface area contributed by atoms with Crippen molar-refractivity contribution in [3.05, 3.63) is 71.5 Å². The van der Waals surface area contributed by atoms with E-state index in [4.69, 9.17) is 4.42 Å². The second kappa shape index (κ2) is 6.73. The fourth-order valence-electron chi connectivity index (χ4n) is 3.71. The molecule has 1 amide bonds. The van der Waals surface area contributed by atoms with Crippen LogP contribution >= 0.6 is 0 Å². The monoisotopic (exact) mass is 335 g/mol. The van der Waals surface area contributed by atoms with Gasteiger partial charge in [-0.05, 0) is 42.0 Å². The number of likely N-dealkylation sites (tertiary alicyclic amines) is 1. The summed E-state index contributed by atoms with van der Waals surface area (Å²) in [5.74, 6) is 0.767. The molecule has 1 aliphatic rings. The predicted molar refractivity (Wildman–Crippen MR) is 96.5 cm³/mol. The third-order valence-corrected chi connectivity index (χ3v) is 5.08. The van der Waals surface area contributed by atoms with E-state index in [2.05, 4.69) is 6.07 Å². The van der Waals surface area contributed by atoms with E-state index in [1.165, 1.54) is 5.56 Å². The van der Waals surface area contributed by atoms with Crippen LogP contribution in [0.2, 0.25) is 0 Å². The minimum atomic E-state index is -0.0370. The molecule has 1 fully saturated rings. The van der Waals surface area contributed by atoms with Crippen LogP contribution in [-0.4, -0.2) is 29.0 Å². The number of hydrogen-bond acceptors (Lipinski definition) is 3. The van der Waals surface area contributed by atoms with Crippen LogP contribution in [0.1, 0.15) is 40.4 Å². The van der Waals surface area contributed by atoms with Gasteiger partial charge >= 0.3 is 0 Å². The Hall–Kier alpha value is -2.59. The number of rotatable bonds is 3. The van der Waals surface area contributed by atoms with Gasteiger partial charge in [0, 0.05) is 18.5 Å². The Balaban J connectivity index is 1.47. The summed E-state index contributed by atoms with van der Waals surface area (Å²) in [5, 5.41) is 10.5. The number of aliphatic hydroxyl groups is 1. The van der Waals surface area contributed by atoms with Gasteiger partial charge in [-0.15, -0.1) is 0 Å². The zero-order valence-corrected chi connectivity index (χ0v) is 14.0. The standard InChI is InChI=1S/C21H21NO3/c23-14-17-6-1-3-7-18(17)15-9-11-22(12-10-15)21(24)20-13-16-5-2-4-8-19(16)25-20/h1-8,13,15,23H,9-12,14H2. The van der Waals surface area contributed by atoms with Crippen LogP contribution in [0.15, 0.2) is 59.0 Å². The number of nitrogens with zero attached hydrogens (tertiary/aromatic N) is 1.